The Morgan fingerprint density at radius 1 is 0.854 bits per heavy atom. The lowest BCUT2D eigenvalue weighted by molar-refractivity contribution is 0.532. The summed E-state index contributed by atoms with van der Waals surface area (Å²) < 4.78 is 0. The van der Waals surface area contributed by atoms with E-state index in [0.717, 1.165) is 19.3 Å². The van der Waals surface area contributed by atoms with E-state index in [4.69, 9.17) is 0 Å². The minimum Gasteiger partial charge on any atom is -0.116 e. The Hall–Kier alpha value is -3.03. The average molecular weight is 553 g/mol. The highest BCUT2D eigenvalue weighted by Gasteiger charge is 2.47. The summed E-state index contributed by atoms with van der Waals surface area (Å²) in [4.78, 5) is 1.53. The van der Waals surface area contributed by atoms with Gasteiger partial charge in [0.1, 0.15) is 0 Å². The quantitative estimate of drug-likeness (QED) is 0.363. The molecule has 206 valence electrons. The van der Waals surface area contributed by atoms with Gasteiger partial charge in [0.2, 0.25) is 0 Å². The number of thioether (sulfide) groups is 1. The first-order valence-electron chi connectivity index (χ1n) is 15.9. The summed E-state index contributed by atoms with van der Waals surface area (Å²) >= 11 is 2.15. The molecule has 2 aromatic rings. The maximum atomic E-state index is 2.53. The maximum Gasteiger partial charge on any atom is 0.0457 e. The molecule has 6 aliphatic rings. The molecule has 0 fully saturated rings. The second-order valence-corrected chi connectivity index (χ2v) is 14.5. The van der Waals surface area contributed by atoms with E-state index in [2.05, 4.69) is 111 Å². The average Bonchev–Trinajstić information content (AvgIpc) is 3.51. The smallest absolute Gasteiger partial charge is 0.0457 e. The first-order valence-corrected chi connectivity index (χ1v) is 16.8. The van der Waals surface area contributed by atoms with Crippen LogP contribution in [0.4, 0.5) is 0 Å². The van der Waals surface area contributed by atoms with E-state index < -0.39 is 0 Å². The predicted octanol–water partition coefficient (Wildman–Crippen LogP) is 11.1. The van der Waals surface area contributed by atoms with Gasteiger partial charge in [-0.3, -0.25) is 0 Å². The Bertz CT molecular complexity index is 1640. The second-order valence-electron chi connectivity index (χ2n) is 13.3. The van der Waals surface area contributed by atoms with Gasteiger partial charge in [0.25, 0.3) is 0 Å². The summed E-state index contributed by atoms with van der Waals surface area (Å²) in [5, 5.41) is 0.503. The first kappa shape index (κ1) is 25.7. The van der Waals surface area contributed by atoms with Crippen molar-refractivity contribution in [2.75, 3.05) is 0 Å². The van der Waals surface area contributed by atoms with Gasteiger partial charge in [-0.15, -0.1) is 11.8 Å². The van der Waals surface area contributed by atoms with Crippen LogP contribution in [0.3, 0.4) is 0 Å². The van der Waals surface area contributed by atoms with E-state index in [1.165, 1.54) is 71.2 Å². The minimum atomic E-state index is 0.162. The molecule has 41 heavy (non-hydrogen) atoms. The summed E-state index contributed by atoms with van der Waals surface area (Å²) in [7, 11) is 0. The van der Waals surface area contributed by atoms with Gasteiger partial charge in [-0.2, -0.15) is 0 Å². The minimum absolute atomic E-state index is 0.162. The van der Waals surface area contributed by atoms with Crippen molar-refractivity contribution in [1.82, 2.24) is 0 Å². The molecule has 0 radical (unpaired) electrons. The van der Waals surface area contributed by atoms with Gasteiger partial charge in [-0.05, 0) is 108 Å². The fraction of sp³-hybridized carbons (Fsp3) is 0.350. The Labute approximate surface area is 250 Å². The highest BCUT2D eigenvalue weighted by Crippen LogP contribution is 2.61. The largest absolute Gasteiger partial charge is 0.116 e. The topological polar surface area (TPSA) is 0 Å². The van der Waals surface area contributed by atoms with Gasteiger partial charge in [0.15, 0.2) is 0 Å². The molecule has 2 aromatic carbocycles. The number of hydrogen-bond donors (Lipinski definition) is 0. The van der Waals surface area contributed by atoms with Crippen LogP contribution in [-0.2, 0) is 6.42 Å². The summed E-state index contributed by atoms with van der Waals surface area (Å²) in [6.45, 7) is 4.90. The van der Waals surface area contributed by atoms with Gasteiger partial charge >= 0.3 is 0 Å². The van der Waals surface area contributed by atoms with Gasteiger partial charge in [0.05, 0.1) is 0 Å². The van der Waals surface area contributed by atoms with Gasteiger partial charge < -0.3 is 0 Å². The van der Waals surface area contributed by atoms with Crippen molar-refractivity contribution in [3.8, 4) is 0 Å². The molecule has 0 nitrogen and oxygen atoms in total. The molecule has 0 N–H and O–H groups in total. The normalized spacial score (nSPS) is 25.8. The lowest BCUT2D eigenvalue weighted by Crippen LogP contribution is -2.19. The van der Waals surface area contributed by atoms with Crippen LogP contribution < -0.4 is 0 Å². The Morgan fingerprint density at radius 3 is 2.56 bits per heavy atom. The number of fused-ring (bicyclic) bond motifs is 5. The van der Waals surface area contributed by atoms with Crippen LogP contribution in [0.1, 0.15) is 93.4 Å². The van der Waals surface area contributed by atoms with Crippen molar-refractivity contribution < 1.29 is 0 Å². The van der Waals surface area contributed by atoms with Crippen LogP contribution in [0.15, 0.2) is 118 Å². The third-order valence-electron chi connectivity index (χ3n) is 10.5. The molecule has 5 aliphatic carbocycles. The standard InChI is InChI=1S/C40H40S/c1-40(2)35-14-7-6-11-34(35)37-36(40)24-23-33-32-13-8-12-31(38(32)41-39(33)37)30-21-17-27(18-22-30)25-26-15-19-29(20-16-26)28-9-4-3-5-10-28/h6,8-9,11-13,15-17,19-21,23-24,33,39H,3-5,7,10,14,18,22,25H2,1-2H3. The molecule has 1 heterocycles. The van der Waals surface area contributed by atoms with Crippen LogP contribution >= 0.6 is 11.8 Å². The molecule has 0 bridgehead atoms. The molecule has 8 rings (SSSR count). The Balaban J connectivity index is 1.04. The fourth-order valence-corrected chi connectivity index (χ4v) is 9.95. The molecular formula is C40H40S. The summed E-state index contributed by atoms with van der Waals surface area (Å²) in [6, 6.07) is 16.5. The van der Waals surface area contributed by atoms with Gasteiger partial charge in [-0.25, -0.2) is 0 Å². The Kier molecular flexibility index (Phi) is 6.29. The second kappa shape index (κ2) is 10.1. The van der Waals surface area contributed by atoms with E-state index in [1.807, 2.05) is 0 Å². The zero-order valence-electron chi connectivity index (χ0n) is 24.5. The number of rotatable bonds is 4. The van der Waals surface area contributed by atoms with Crippen molar-refractivity contribution >= 4 is 22.9 Å². The van der Waals surface area contributed by atoms with E-state index in [0.29, 0.717) is 11.2 Å². The maximum absolute atomic E-state index is 2.53. The monoisotopic (exact) mass is 552 g/mol. The Morgan fingerprint density at radius 2 is 1.76 bits per heavy atom. The van der Waals surface area contributed by atoms with E-state index in [-0.39, 0.29) is 5.41 Å². The van der Waals surface area contributed by atoms with Crippen LogP contribution in [0.25, 0.3) is 11.1 Å². The SMILES string of the molecule is CC1(C)C2=C(C3=C1CCC=C3)C1Sc3c(C4=CC=C(Cc5ccc(C6=CCCCC6)cc5)CC4)cccc3C1C=C2. The number of allylic oxidation sites excluding steroid dienone is 13. The van der Waals surface area contributed by atoms with Crippen LogP contribution in [0.2, 0.25) is 0 Å². The van der Waals surface area contributed by atoms with Crippen LogP contribution in [0.5, 0.6) is 0 Å². The van der Waals surface area contributed by atoms with Crippen LogP contribution in [-0.4, -0.2) is 5.25 Å². The van der Waals surface area contributed by atoms with Crippen molar-refractivity contribution in [3.05, 3.63) is 135 Å². The fourth-order valence-electron chi connectivity index (χ4n) is 8.27. The molecule has 0 amide bonds. The summed E-state index contributed by atoms with van der Waals surface area (Å²) in [5.74, 6) is 0.481. The van der Waals surface area contributed by atoms with Crippen molar-refractivity contribution in [2.24, 2.45) is 5.41 Å². The predicted molar refractivity (Wildman–Crippen MR) is 176 cm³/mol. The molecule has 2 unspecified atom stereocenters. The molecule has 0 spiro atoms. The molecule has 1 aliphatic heterocycles. The molecular weight excluding hydrogens is 513 g/mol. The van der Waals surface area contributed by atoms with Crippen LogP contribution in [0, 0.1) is 5.41 Å². The highest BCUT2D eigenvalue weighted by atomic mass is 32.2. The van der Waals surface area contributed by atoms with E-state index in [9.17, 15) is 0 Å². The van der Waals surface area contributed by atoms with E-state index >= 15 is 0 Å². The van der Waals surface area contributed by atoms with Crippen molar-refractivity contribution in [2.45, 2.75) is 87.7 Å². The zero-order chi connectivity index (χ0) is 27.6. The third-order valence-corrected chi connectivity index (χ3v) is 12.0. The lowest BCUT2D eigenvalue weighted by atomic mass is 9.75. The molecule has 0 saturated carbocycles. The molecule has 1 heteroatoms. The zero-order valence-corrected chi connectivity index (χ0v) is 25.3. The summed E-state index contributed by atoms with van der Waals surface area (Å²) in [5.41, 5.74) is 17.1. The molecule has 0 aromatic heterocycles. The van der Waals surface area contributed by atoms with Crippen molar-refractivity contribution in [1.29, 1.82) is 0 Å². The van der Waals surface area contributed by atoms with E-state index in [1.54, 1.807) is 33.4 Å². The number of hydrogen-bond acceptors (Lipinski definition) is 1. The summed E-state index contributed by atoms with van der Waals surface area (Å²) in [6.07, 6.45) is 28.1. The van der Waals surface area contributed by atoms with Gasteiger partial charge in [-0.1, -0.05) is 110 Å². The highest BCUT2D eigenvalue weighted by molar-refractivity contribution is 8.00. The molecule has 2 atom stereocenters. The number of benzene rings is 2. The molecule has 0 saturated heterocycles. The van der Waals surface area contributed by atoms with Crippen molar-refractivity contribution in [3.63, 3.8) is 0 Å². The third kappa shape index (κ3) is 4.26. The van der Waals surface area contributed by atoms with Gasteiger partial charge in [0, 0.05) is 21.5 Å². The lowest BCUT2D eigenvalue weighted by Gasteiger charge is -2.29. The first-order chi connectivity index (χ1) is 20.1.